The molecular weight excluding hydrogens is 379 g/mol. The lowest BCUT2D eigenvalue weighted by atomic mass is 10.1. The van der Waals surface area contributed by atoms with Crippen molar-refractivity contribution in [1.82, 2.24) is 9.88 Å². The number of rotatable bonds is 8. The molecule has 1 aromatic heterocycles. The van der Waals surface area contributed by atoms with Gasteiger partial charge in [-0.25, -0.2) is 4.39 Å². The Morgan fingerprint density at radius 1 is 0.964 bits per heavy atom. The fraction of sp³-hybridized carbons (Fsp3) is 0.227. The topological polar surface area (TPSA) is 34.6 Å². The van der Waals surface area contributed by atoms with Gasteiger partial charge >= 0.3 is 0 Å². The van der Waals surface area contributed by atoms with Crippen LogP contribution in [0.15, 0.2) is 60.9 Å². The minimum atomic E-state index is -0.469. The van der Waals surface area contributed by atoms with Gasteiger partial charge in [-0.2, -0.15) is 0 Å². The number of benzene rings is 2. The van der Waals surface area contributed by atoms with E-state index in [0.29, 0.717) is 19.6 Å². The maximum atomic E-state index is 14.3. The highest BCUT2D eigenvalue weighted by molar-refractivity contribution is 6.32. The molecule has 0 amide bonds. The number of hydrogen-bond donors (Lipinski definition) is 0. The first-order chi connectivity index (χ1) is 13.6. The number of para-hydroxylation sites is 1. The van der Waals surface area contributed by atoms with Gasteiger partial charge in [-0.3, -0.25) is 9.88 Å². The van der Waals surface area contributed by atoms with E-state index >= 15 is 0 Å². The Morgan fingerprint density at radius 3 is 2.43 bits per heavy atom. The van der Waals surface area contributed by atoms with Crippen molar-refractivity contribution in [3.8, 4) is 11.5 Å². The normalized spacial score (nSPS) is 10.9. The van der Waals surface area contributed by atoms with E-state index in [2.05, 4.69) is 9.88 Å². The maximum absolute atomic E-state index is 14.3. The average molecular weight is 401 g/mol. The molecule has 0 atom stereocenters. The van der Waals surface area contributed by atoms with E-state index in [-0.39, 0.29) is 10.8 Å². The Balaban J connectivity index is 1.88. The molecule has 0 spiro atoms. The molecule has 6 heteroatoms. The molecule has 0 saturated carbocycles. The molecule has 4 nitrogen and oxygen atoms in total. The average Bonchev–Trinajstić information content (AvgIpc) is 2.69. The van der Waals surface area contributed by atoms with Crippen molar-refractivity contribution in [1.29, 1.82) is 0 Å². The summed E-state index contributed by atoms with van der Waals surface area (Å²) in [6.45, 7) is 1.79. The van der Waals surface area contributed by atoms with E-state index in [1.807, 2.05) is 42.6 Å². The lowest BCUT2D eigenvalue weighted by Crippen LogP contribution is -2.23. The number of nitrogens with zero attached hydrogens (tertiary/aromatic N) is 2. The minimum Gasteiger partial charge on any atom is -0.496 e. The van der Waals surface area contributed by atoms with Gasteiger partial charge in [0.25, 0.3) is 0 Å². The second-order valence-corrected chi connectivity index (χ2v) is 6.82. The van der Waals surface area contributed by atoms with Crippen LogP contribution < -0.4 is 9.47 Å². The van der Waals surface area contributed by atoms with Crippen LogP contribution in [0, 0.1) is 5.82 Å². The van der Waals surface area contributed by atoms with E-state index in [1.54, 1.807) is 19.4 Å². The van der Waals surface area contributed by atoms with E-state index in [4.69, 9.17) is 21.1 Å². The molecule has 28 heavy (non-hydrogen) atoms. The van der Waals surface area contributed by atoms with Gasteiger partial charge in [-0.15, -0.1) is 0 Å². The van der Waals surface area contributed by atoms with Gasteiger partial charge in [0.15, 0.2) is 11.6 Å². The second-order valence-electron chi connectivity index (χ2n) is 6.41. The van der Waals surface area contributed by atoms with Crippen LogP contribution in [-0.2, 0) is 19.6 Å². The fourth-order valence-corrected chi connectivity index (χ4v) is 3.46. The maximum Gasteiger partial charge on any atom is 0.173 e. The van der Waals surface area contributed by atoms with Crippen LogP contribution in [-0.4, -0.2) is 24.1 Å². The van der Waals surface area contributed by atoms with Crippen LogP contribution >= 0.6 is 11.6 Å². The molecule has 0 saturated heterocycles. The zero-order valence-electron chi connectivity index (χ0n) is 15.9. The molecule has 0 aliphatic rings. The highest BCUT2D eigenvalue weighted by Gasteiger charge is 2.15. The summed E-state index contributed by atoms with van der Waals surface area (Å²) < 4.78 is 24.8. The van der Waals surface area contributed by atoms with Crippen molar-refractivity contribution in [3.63, 3.8) is 0 Å². The standard InChI is InChI=1S/C22H22ClFN2O2/c1-27-21-8-4-3-7-18(21)15-26(13-16-6-5-9-25-12-16)14-17-10-19(23)22(28-2)20(24)11-17/h3-12H,13-15H2,1-2H3. The number of aromatic nitrogens is 1. The van der Waals surface area contributed by atoms with E-state index in [0.717, 1.165) is 22.4 Å². The first-order valence-electron chi connectivity index (χ1n) is 8.85. The molecule has 3 aromatic rings. The molecule has 0 N–H and O–H groups in total. The van der Waals surface area contributed by atoms with Crippen LogP contribution in [0.3, 0.4) is 0 Å². The Hall–Kier alpha value is -2.63. The van der Waals surface area contributed by atoms with Crippen LogP contribution in [0.2, 0.25) is 5.02 Å². The highest BCUT2D eigenvalue weighted by atomic mass is 35.5. The van der Waals surface area contributed by atoms with Crippen molar-refractivity contribution >= 4 is 11.6 Å². The molecule has 3 rings (SSSR count). The number of pyridine rings is 1. The third-order valence-electron chi connectivity index (χ3n) is 4.38. The van der Waals surface area contributed by atoms with Crippen molar-refractivity contribution in [2.24, 2.45) is 0 Å². The molecule has 1 heterocycles. The second kappa shape index (κ2) is 9.53. The molecule has 0 fully saturated rings. The zero-order chi connectivity index (χ0) is 19.9. The molecule has 2 aromatic carbocycles. The Kier molecular flexibility index (Phi) is 6.85. The highest BCUT2D eigenvalue weighted by Crippen LogP contribution is 2.30. The van der Waals surface area contributed by atoms with Crippen LogP contribution in [0.5, 0.6) is 11.5 Å². The zero-order valence-corrected chi connectivity index (χ0v) is 16.6. The summed E-state index contributed by atoms with van der Waals surface area (Å²) in [7, 11) is 3.06. The van der Waals surface area contributed by atoms with Crippen LogP contribution in [0.4, 0.5) is 4.39 Å². The third kappa shape index (κ3) is 5.00. The quantitative estimate of drug-likeness (QED) is 0.527. The molecule has 0 aliphatic heterocycles. The Labute approximate surface area is 169 Å². The smallest absolute Gasteiger partial charge is 0.173 e. The van der Waals surface area contributed by atoms with Crippen molar-refractivity contribution in [2.75, 3.05) is 14.2 Å². The van der Waals surface area contributed by atoms with Crippen LogP contribution in [0.1, 0.15) is 16.7 Å². The minimum absolute atomic E-state index is 0.0638. The Morgan fingerprint density at radius 2 is 1.75 bits per heavy atom. The van der Waals surface area contributed by atoms with Crippen molar-refractivity contribution in [2.45, 2.75) is 19.6 Å². The van der Waals surface area contributed by atoms with Gasteiger partial charge in [-0.1, -0.05) is 35.9 Å². The van der Waals surface area contributed by atoms with Crippen molar-refractivity contribution in [3.05, 3.63) is 88.5 Å². The van der Waals surface area contributed by atoms with Gasteiger partial charge in [0.05, 0.1) is 19.2 Å². The van der Waals surface area contributed by atoms with Gasteiger partial charge in [0.1, 0.15) is 5.75 Å². The van der Waals surface area contributed by atoms with Gasteiger partial charge in [0, 0.05) is 37.6 Å². The summed E-state index contributed by atoms with van der Waals surface area (Å²) in [4.78, 5) is 6.37. The SMILES string of the molecule is COc1ccccc1CN(Cc1cccnc1)Cc1cc(F)c(OC)c(Cl)c1. The summed E-state index contributed by atoms with van der Waals surface area (Å²) in [5, 5.41) is 0.260. The number of methoxy groups -OCH3 is 2. The summed E-state index contributed by atoms with van der Waals surface area (Å²) in [5.74, 6) is 0.412. The predicted molar refractivity (Wildman–Crippen MR) is 108 cm³/mol. The summed E-state index contributed by atoms with van der Waals surface area (Å²) >= 11 is 6.17. The first-order valence-corrected chi connectivity index (χ1v) is 9.23. The lowest BCUT2D eigenvalue weighted by Gasteiger charge is -2.24. The number of ether oxygens (including phenoxy) is 2. The molecule has 0 aliphatic carbocycles. The number of hydrogen-bond acceptors (Lipinski definition) is 4. The lowest BCUT2D eigenvalue weighted by molar-refractivity contribution is 0.243. The third-order valence-corrected chi connectivity index (χ3v) is 4.66. The summed E-state index contributed by atoms with van der Waals surface area (Å²) in [6.07, 6.45) is 3.57. The largest absolute Gasteiger partial charge is 0.496 e. The number of halogens is 2. The fourth-order valence-electron chi connectivity index (χ4n) is 3.15. The molecule has 0 bridgehead atoms. The van der Waals surface area contributed by atoms with Gasteiger partial charge in [0.2, 0.25) is 0 Å². The summed E-state index contributed by atoms with van der Waals surface area (Å²) in [5.41, 5.74) is 2.88. The monoisotopic (exact) mass is 400 g/mol. The summed E-state index contributed by atoms with van der Waals surface area (Å²) in [6, 6.07) is 15.0. The van der Waals surface area contributed by atoms with Crippen LogP contribution in [0.25, 0.3) is 0 Å². The van der Waals surface area contributed by atoms with Gasteiger partial charge < -0.3 is 9.47 Å². The Bertz CT molecular complexity index is 898. The molecule has 0 radical (unpaired) electrons. The predicted octanol–water partition coefficient (Wildman–Crippen LogP) is 5.09. The van der Waals surface area contributed by atoms with E-state index in [9.17, 15) is 4.39 Å². The molecule has 146 valence electrons. The van der Waals surface area contributed by atoms with Gasteiger partial charge in [-0.05, 0) is 35.4 Å². The van der Waals surface area contributed by atoms with Crippen molar-refractivity contribution < 1.29 is 13.9 Å². The molecule has 0 unspecified atom stereocenters. The molecular formula is C22H22ClFN2O2. The van der Waals surface area contributed by atoms with E-state index in [1.165, 1.54) is 13.2 Å². The first kappa shape index (κ1) is 20.1. The van der Waals surface area contributed by atoms with E-state index < -0.39 is 5.82 Å².